The fourth-order valence-corrected chi connectivity index (χ4v) is 1.72. The summed E-state index contributed by atoms with van der Waals surface area (Å²) in [5, 5.41) is 0. The van der Waals surface area contributed by atoms with E-state index in [1.165, 1.54) is 0 Å². The van der Waals surface area contributed by atoms with Gasteiger partial charge in [-0.2, -0.15) is 0 Å². The van der Waals surface area contributed by atoms with Gasteiger partial charge in [0.1, 0.15) is 0 Å². The molecule has 0 amide bonds. The van der Waals surface area contributed by atoms with E-state index in [0.29, 0.717) is 0 Å². The topological polar surface area (TPSA) is 17.1 Å². The van der Waals surface area contributed by atoms with Crippen LogP contribution in [-0.4, -0.2) is 5.78 Å². The molecule has 0 aliphatic heterocycles. The summed E-state index contributed by atoms with van der Waals surface area (Å²) in [6, 6.07) is 17.0. The van der Waals surface area contributed by atoms with Gasteiger partial charge in [0.25, 0.3) is 0 Å². The first-order valence-corrected chi connectivity index (χ1v) is 5.71. The molecule has 1 heteroatoms. The van der Waals surface area contributed by atoms with Gasteiger partial charge < -0.3 is 0 Å². The highest BCUT2D eigenvalue weighted by molar-refractivity contribution is 6.08. The molecule has 0 saturated carbocycles. The summed E-state index contributed by atoms with van der Waals surface area (Å²) in [5.41, 5.74) is 2.60. The molecule has 0 aromatic heterocycles. The second-order valence-corrected chi connectivity index (χ2v) is 4.22. The Kier molecular flexibility index (Phi) is 3.38. The minimum atomic E-state index is 0.0638. The Morgan fingerprint density at radius 2 is 1.47 bits per heavy atom. The van der Waals surface area contributed by atoms with Crippen LogP contribution in [-0.2, 0) is 0 Å². The molecule has 0 aliphatic rings. The van der Waals surface area contributed by atoms with E-state index in [-0.39, 0.29) is 11.7 Å². The molecule has 2 rings (SSSR count). The average molecular weight is 223 g/mol. The largest absolute Gasteiger partial charge is 0.289 e. The van der Waals surface area contributed by atoms with Gasteiger partial charge in [0.05, 0.1) is 0 Å². The van der Waals surface area contributed by atoms with Crippen molar-refractivity contribution in [3.05, 3.63) is 78.2 Å². The lowest BCUT2D eigenvalue weighted by atomic mass is 9.98. The molecule has 2 aromatic rings. The monoisotopic (exact) mass is 223 g/mol. The van der Waals surface area contributed by atoms with Gasteiger partial charge in [-0.3, -0.25) is 4.79 Å². The first-order valence-electron chi connectivity index (χ1n) is 5.71. The molecule has 0 fully saturated rings. The number of hydrogen-bond acceptors (Lipinski definition) is 1. The van der Waals surface area contributed by atoms with Crippen LogP contribution in [0.2, 0.25) is 0 Å². The molecule has 0 spiro atoms. The predicted octanol–water partition coefficient (Wildman–Crippen LogP) is 3.86. The van der Waals surface area contributed by atoms with E-state index >= 15 is 0 Å². The van der Waals surface area contributed by atoms with Crippen molar-refractivity contribution in [1.82, 2.24) is 0 Å². The number of ketones is 1. The molecule has 0 aliphatic carbocycles. The lowest BCUT2D eigenvalue weighted by Gasteiger charge is -2.06. The van der Waals surface area contributed by atoms with Gasteiger partial charge >= 0.3 is 0 Å². The smallest absolute Gasteiger partial charge is 0.193 e. The van der Waals surface area contributed by atoms with Crippen molar-refractivity contribution in [3.63, 3.8) is 0 Å². The summed E-state index contributed by atoms with van der Waals surface area (Å²) >= 11 is 0. The standard InChI is InChI=1S/C16H15O/c1-12(2)13-8-10-15(11-9-13)16(17)14-6-4-3-5-7-14/h3-12H,1H2,2H3. The van der Waals surface area contributed by atoms with Crippen molar-refractivity contribution in [3.8, 4) is 0 Å². The molecule has 1 unspecified atom stereocenters. The van der Waals surface area contributed by atoms with E-state index in [9.17, 15) is 4.79 Å². The summed E-state index contributed by atoms with van der Waals surface area (Å²) in [7, 11) is 0. The molecular weight excluding hydrogens is 208 g/mol. The summed E-state index contributed by atoms with van der Waals surface area (Å²) < 4.78 is 0. The molecule has 1 radical (unpaired) electrons. The number of carbonyl (C=O) groups excluding carboxylic acids is 1. The lowest BCUT2D eigenvalue weighted by molar-refractivity contribution is 0.103. The van der Waals surface area contributed by atoms with Crippen LogP contribution in [0.25, 0.3) is 0 Å². The van der Waals surface area contributed by atoms with E-state index in [1.807, 2.05) is 61.5 Å². The maximum Gasteiger partial charge on any atom is 0.193 e. The third kappa shape index (κ3) is 2.62. The van der Waals surface area contributed by atoms with Crippen LogP contribution in [0.4, 0.5) is 0 Å². The van der Waals surface area contributed by atoms with Gasteiger partial charge in [0, 0.05) is 11.1 Å². The molecule has 85 valence electrons. The zero-order chi connectivity index (χ0) is 12.3. The number of benzene rings is 2. The van der Waals surface area contributed by atoms with Crippen LogP contribution >= 0.6 is 0 Å². The average Bonchev–Trinajstić information content (AvgIpc) is 2.39. The van der Waals surface area contributed by atoms with Crippen molar-refractivity contribution in [2.24, 2.45) is 0 Å². The third-order valence-electron chi connectivity index (χ3n) is 2.78. The molecule has 17 heavy (non-hydrogen) atoms. The van der Waals surface area contributed by atoms with Crippen molar-refractivity contribution in [1.29, 1.82) is 0 Å². The second-order valence-electron chi connectivity index (χ2n) is 4.22. The van der Waals surface area contributed by atoms with E-state index in [4.69, 9.17) is 0 Å². The van der Waals surface area contributed by atoms with Crippen molar-refractivity contribution < 1.29 is 4.79 Å². The van der Waals surface area contributed by atoms with Crippen molar-refractivity contribution >= 4 is 5.78 Å². The van der Waals surface area contributed by atoms with E-state index < -0.39 is 0 Å². The van der Waals surface area contributed by atoms with Crippen LogP contribution in [0.15, 0.2) is 54.6 Å². The fourth-order valence-electron chi connectivity index (χ4n) is 1.72. The predicted molar refractivity (Wildman–Crippen MR) is 70.1 cm³/mol. The SMILES string of the molecule is [CH2]C(C)c1ccc(C(=O)c2ccccc2)cc1. The summed E-state index contributed by atoms with van der Waals surface area (Å²) in [6.45, 7) is 5.99. The maximum atomic E-state index is 12.1. The zero-order valence-corrected chi connectivity index (χ0v) is 9.89. The van der Waals surface area contributed by atoms with Crippen molar-refractivity contribution in [2.45, 2.75) is 12.8 Å². The molecule has 0 heterocycles. The van der Waals surface area contributed by atoms with Crippen molar-refractivity contribution in [2.75, 3.05) is 0 Å². The van der Waals surface area contributed by atoms with Gasteiger partial charge in [-0.1, -0.05) is 61.5 Å². The highest BCUT2D eigenvalue weighted by Crippen LogP contribution is 2.16. The highest BCUT2D eigenvalue weighted by Gasteiger charge is 2.08. The number of hydrogen-bond donors (Lipinski definition) is 0. The van der Waals surface area contributed by atoms with Crippen LogP contribution in [0.5, 0.6) is 0 Å². The van der Waals surface area contributed by atoms with Crippen LogP contribution in [0.3, 0.4) is 0 Å². The van der Waals surface area contributed by atoms with Crippen LogP contribution in [0, 0.1) is 6.92 Å². The zero-order valence-electron chi connectivity index (χ0n) is 9.89. The lowest BCUT2D eigenvalue weighted by Crippen LogP contribution is -2.01. The van der Waals surface area contributed by atoms with Gasteiger partial charge in [-0.05, 0) is 18.4 Å². The van der Waals surface area contributed by atoms with Gasteiger partial charge in [-0.25, -0.2) is 0 Å². The molecule has 0 saturated heterocycles. The second kappa shape index (κ2) is 4.96. The minimum absolute atomic E-state index is 0.0638. The van der Waals surface area contributed by atoms with E-state index in [0.717, 1.165) is 16.7 Å². The van der Waals surface area contributed by atoms with E-state index in [1.54, 1.807) is 0 Å². The van der Waals surface area contributed by atoms with Crippen LogP contribution in [0.1, 0.15) is 34.3 Å². The first-order chi connectivity index (χ1) is 8.18. The summed E-state index contributed by atoms with van der Waals surface area (Å²) in [4.78, 5) is 12.1. The molecule has 0 N–H and O–H groups in total. The first kappa shape index (κ1) is 11.6. The number of rotatable bonds is 3. The summed E-state index contributed by atoms with van der Waals surface area (Å²) in [5.74, 6) is 0.310. The minimum Gasteiger partial charge on any atom is -0.289 e. The molecule has 2 aromatic carbocycles. The Balaban J connectivity index is 2.27. The maximum absolute atomic E-state index is 12.1. The van der Waals surface area contributed by atoms with Gasteiger partial charge in [0.2, 0.25) is 0 Å². The molecule has 1 atom stereocenters. The summed E-state index contributed by atoms with van der Waals surface area (Å²) in [6.07, 6.45) is 0. The Morgan fingerprint density at radius 1 is 0.941 bits per heavy atom. The van der Waals surface area contributed by atoms with E-state index in [2.05, 4.69) is 6.92 Å². The Bertz CT molecular complexity index is 495. The molecule has 1 nitrogen and oxygen atoms in total. The third-order valence-corrected chi connectivity index (χ3v) is 2.78. The highest BCUT2D eigenvalue weighted by atomic mass is 16.1. The van der Waals surface area contributed by atoms with Gasteiger partial charge in [0.15, 0.2) is 5.78 Å². The fraction of sp³-hybridized carbons (Fsp3) is 0.125. The molecule has 0 bridgehead atoms. The Labute approximate surface area is 102 Å². The Morgan fingerprint density at radius 3 is 2.00 bits per heavy atom. The number of carbonyl (C=O) groups is 1. The normalized spacial score (nSPS) is 10.5. The molecular formula is C16H15O. The quantitative estimate of drug-likeness (QED) is 0.722. The van der Waals surface area contributed by atoms with Gasteiger partial charge in [-0.15, -0.1) is 0 Å². The Hall–Kier alpha value is -1.89. The van der Waals surface area contributed by atoms with Crippen LogP contribution < -0.4 is 0 Å².